The molecule has 2 aromatic heterocycles. The zero-order chi connectivity index (χ0) is 24.3. The van der Waals surface area contributed by atoms with Crippen molar-refractivity contribution in [3.05, 3.63) is 72.3 Å². The molecule has 1 atom stereocenters. The molecule has 0 saturated heterocycles. The molecule has 1 fully saturated rings. The van der Waals surface area contributed by atoms with E-state index in [-0.39, 0.29) is 0 Å². The molecule has 0 aliphatic heterocycles. The summed E-state index contributed by atoms with van der Waals surface area (Å²) in [6, 6.07) is 22.1. The number of para-hydroxylation sites is 1. The predicted octanol–water partition coefficient (Wildman–Crippen LogP) is 7.88. The average Bonchev–Trinajstić information content (AvgIpc) is 3.52. The molecule has 4 nitrogen and oxygen atoms in total. The van der Waals surface area contributed by atoms with E-state index >= 15 is 0 Å². The van der Waals surface area contributed by atoms with E-state index in [1.165, 1.54) is 59.9 Å². The summed E-state index contributed by atoms with van der Waals surface area (Å²) in [6.07, 6.45) is 7.95. The lowest BCUT2D eigenvalue weighted by Crippen LogP contribution is -2.29. The predicted molar refractivity (Wildman–Crippen MR) is 150 cm³/mol. The summed E-state index contributed by atoms with van der Waals surface area (Å²) in [5.74, 6) is 0.814. The Bertz CT molecular complexity index is 1350. The van der Waals surface area contributed by atoms with Gasteiger partial charge in [0.05, 0.1) is 5.69 Å². The van der Waals surface area contributed by atoms with E-state index in [0.717, 1.165) is 21.2 Å². The van der Waals surface area contributed by atoms with Gasteiger partial charge in [0, 0.05) is 27.0 Å². The summed E-state index contributed by atoms with van der Waals surface area (Å²) in [4.78, 5) is 2.06. The van der Waals surface area contributed by atoms with Crippen LogP contribution >= 0.6 is 22.7 Å². The standard InChI is InChI=1S/C28H32N2O2S3/c1-20(17-21-9-3-2-4-10-21)29-19-23-12-5-7-13-24(23)30-35(31,32)28-16-15-26(34-28)27-18-22-11-6-8-14-25(22)33-27/h5-8,11-16,18,20-21,29-30H,2-4,9-10,17,19H2,1H3/t20-/m0/s1. The van der Waals surface area contributed by atoms with Gasteiger partial charge in [-0.15, -0.1) is 22.7 Å². The highest BCUT2D eigenvalue weighted by atomic mass is 32.2. The quantitative estimate of drug-likeness (QED) is 0.234. The lowest BCUT2D eigenvalue weighted by molar-refractivity contribution is 0.305. The largest absolute Gasteiger partial charge is 0.310 e. The van der Waals surface area contributed by atoms with Crippen LogP contribution < -0.4 is 10.0 Å². The summed E-state index contributed by atoms with van der Waals surface area (Å²) in [5, 5.41) is 4.80. The van der Waals surface area contributed by atoms with E-state index < -0.39 is 10.0 Å². The Hall–Kier alpha value is -2.19. The fourth-order valence-corrected chi connectivity index (χ4v) is 8.51. The summed E-state index contributed by atoms with van der Waals surface area (Å²) in [5.41, 5.74) is 1.61. The van der Waals surface area contributed by atoms with E-state index in [1.807, 2.05) is 42.5 Å². The summed E-state index contributed by atoms with van der Waals surface area (Å²) in [6.45, 7) is 2.88. The van der Waals surface area contributed by atoms with Crippen LogP contribution in [0.1, 0.15) is 51.0 Å². The lowest BCUT2D eigenvalue weighted by atomic mass is 9.85. The monoisotopic (exact) mass is 524 g/mol. The number of fused-ring (bicyclic) bond motifs is 1. The molecular formula is C28H32N2O2S3. The Labute approximate surface area is 216 Å². The van der Waals surface area contributed by atoms with Crippen molar-refractivity contribution in [2.75, 3.05) is 4.72 Å². The number of nitrogens with one attached hydrogen (secondary N) is 2. The molecular weight excluding hydrogens is 493 g/mol. The molecule has 0 amide bonds. The van der Waals surface area contributed by atoms with Gasteiger partial charge in [-0.05, 0) is 60.5 Å². The minimum absolute atomic E-state index is 0.332. The van der Waals surface area contributed by atoms with E-state index in [4.69, 9.17) is 0 Å². The Kier molecular flexibility index (Phi) is 7.58. The highest BCUT2D eigenvalue weighted by molar-refractivity contribution is 7.94. The second kappa shape index (κ2) is 10.8. The van der Waals surface area contributed by atoms with Crippen LogP contribution in [0.15, 0.2) is 70.9 Å². The molecule has 5 rings (SSSR count). The number of hydrogen-bond acceptors (Lipinski definition) is 5. The van der Waals surface area contributed by atoms with Crippen LogP contribution in [0.2, 0.25) is 0 Å². The van der Waals surface area contributed by atoms with Crippen molar-refractivity contribution >= 4 is 48.5 Å². The molecule has 1 aliphatic rings. The zero-order valence-electron chi connectivity index (χ0n) is 20.0. The van der Waals surface area contributed by atoms with E-state index in [0.29, 0.717) is 22.5 Å². The lowest BCUT2D eigenvalue weighted by Gasteiger charge is -2.25. The van der Waals surface area contributed by atoms with Crippen LogP contribution in [0.3, 0.4) is 0 Å². The molecule has 1 aliphatic carbocycles. The van der Waals surface area contributed by atoms with Crippen molar-refractivity contribution in [2.45, 2.75) is 62.2 Å². The number of benzene rings is 2. The first-order chi connectivity index (χ1) is 17.0. The Morgan fingerprint density at radius 1 is 0.914 bits per heavy atom. The van der Waals surface area contributed by atoms with Crippen molar-refractivity contribution < 1.29 is 8.42 Å². The minimum atomic E-state index is -3.67. The molecule has 184 valence electrons. The Balaban J connectivity index is 1.26. The van der Waals surface area contributed by atoms with Gasteiger partial charge >= 0.3 is 0 Å². The first-order valence-electron chi connectivity index (χ1n) is 12.4. The third-order valence-electron chi connectivity index (χ3n) is 6.83. The van der Waals surface area contributed by atoms with Crippen molar-refractivity contribution in [3.8, 4) is 9.75 Å². The maximum Gasteiger partial charge on any atom is 0.271 e. The van der Waals surface area contributed by atoms with Crippen molar-refractivity contribution in [2.24, 2.45) is 5.92 Å². The number of thiophene rings is 2. The molecule has 0 bridgehead atoms. The normalized spacial score (nSPS) is 15.9. The topological polar surface area (TPSA) is 58.2 Å². The summed E-state index contributed by atoms with van der Waals surface area (Å²) < 4.78 is 30.9. The van der Waals surface area contributed by atoms with Crippen molar-refractivity contribution in [1.82, 2.24) is 5.32 Å². The van der Waals surface area contributed by atoms with Gasteiger partial charge in [0.15, 0.2) is 0 Å². The molecule has 2 N–H and O–H groups in total. The van der Waals surface area contributed by atoms with Crippen LogP contribution in [-0.4, -0.2) is 14.5 Å². The minimum Gasteiger partial charge on any atom is -0.310 e. The molecule has 0 unspecified atom stereocenters. The van der Waals surface area contributed by atoms with Gasteiger partial charge in [0.2, 0.25) is 0 Å². The first kappa shape index (κ1) is 24.5. The Morgan fingerprint density at radius 2 is 1.69 bits per heavy atom. The maximum atomic E-state index is 13.3. The Morgan fingerprint density at radius 3 is 2.51 bits per heavy atom. The van der Waals surface area contributed by atoms with E-state index in [2.05, 4.69) is 35.2 Å². The summed E-state index contributed by atoms with van der Waals surface area (Å²) in [7, 11) is -3.67. The summed E-state index contributed by atoms with van der Waals surface area (Å²) >= 11 is 3.00. The fourth-order valence-electron chi connectivity index (χ4n) is 4.96. The maximum absolute atomic E-state index is 13.3. The highest BCUT2D eigenvalue weighted by Crippen LogP contribution is 2.38. The molecule has 2 heterocycles. The van der Waals surface area contributed by atoms with E-state index in [1.54, 1.807) is 17.4 Å². The molecule has 2 aromatic carbocycles. The van der Waals surface area contributed by atoms with Gasteiger partial charge in [-0.3, -0.25) is 4.72 Å². The van der Waals surface area contributed by atoms with E-state index in [9.17, 15) is 8.42 Å². The molecule has 1 saturated carbocycles. The first-order valence-corrected chi connectivity index (χ1v) is 15.5. The van der Waals surface area contributed by atoms with Gasteiger partial charge in [-0.1, -0.05) is 68.5 Å². The van der Waals surface area contributed by atoms with Crippen LogP contribution in [0.5, 0.6) is 0 Å². The zero-order valence-corrected chi connectivity index (χ0v) is 22.4. The third-order valence-corrected chi connectivity index (χ3v) is 11.1. The average molecular weight is 525 g/mol. The van der Waals surface area contributed by atoms with Gasteiger partial charge < -0.3 is 5.32 Å². The third kappa shape index (κ3) is 5.97. The van der Waals surface area contributed by atoms with Gasteiger partial charge in [-0.25, -0.2) is 8.42 Å². The smallest absolute Gasteiger partial charge is 0.271 e. The second-order valence-electron chi connectivity index (χ2n) is 9.55. The van der Waals surface area contributed by atoms with Crippen LogP contribution in [0.4, 0.5) is 5.69 Å². The molecule has 4 aromatic rings. The van der Waals surface area contributed by atoms with Crippen LogP contribution in [-0.2, 0) is 16.6 Å². The number of hydrogen-bond donors (Lipinski definition) is 2. The molecule has 0 spiro atoms. The molecule has 35 heavy (non-hydrogen) atoms. The van der Waals surface area contributed by atoms with Crippen molar-refractivity contribution in [3.63, 3.8) is 0 Å². The number of rotatable bonds is 9. The second-order valence-corrected chi connectivity index (χ2v) is 13.6. The molecule has 0 radical (unpaired) electrons. The fraction of sp³-hybridized carbons (Fsp3) is 0.357. The number of sulfonamides is 1. The SMILES string of the molecule is C[C@@H](CC1CCCCC1)NCc1ccccc1NS(=O)(=O)c1ccc(-c2cc3ccccc3s2)s1. The molecule has 7 heteroatoms. The van der Waals surface area contributed by atoms with Crippen LogP contribution in [0.25, 0.3) is 19.8 Å². The van der Waals surface area contributed by atoms with Crippen molar-refractivity contribution in [1.29, 1.82) is 0 Å². The van der Waals surface area contributed by atoms with Crippen LogP contribution in [0, 0.1) is 5.92 Å². The van der Waals surface area contributed by atoms with Gasteiger partial charge in [0.25, 0.3) is 10.0 Å². The highest BCUT2D eigenvalue weighted by Gasteiger charge is 2.20. The van der Waals surface area contributed by atoms with Gasteiger partial charge in [-0.2, -0.15) is 0 Å². The van der Waals surface area contributed by atoms with Gasteiger partial charge in [0.1, 0.15) is 4.21 Å². The number of anilines is 1.